The maximum Gasteiger partial charge on any atom is 0.191 e. The topological polar surface area (TPSA) is 36.4 Å². The molecule has 0 spiro atoms. The first-order chi connectivity index (χ1) is 8.80. The van der Waals surface area contributed by atoms with E-state index in [0.717, 1.165) is 25.5 Å². The first kappa shape index (κ1) is 15.4. The minimum absolute atomic E-state index is 0.854. The maximum atomic E-state index is 4.22. The molecule has 0 saturated carbocycles. The van der Waals surface area contributed by atoms with Gasteiger partial charge in [0.2, 0.25) is 0 Å². The lowest BCUT2D eigenvalue weighted by Crippen LogP contribution is -2.37. The molecule has 1 aromatic heterocycles. The highest BCUT2D eigenvalue weighted by Gasteiger charge is 2.00. The number of rotatable bonds is 7. The third kappa shape index (κ3) is 5.78. The van der Waals surface area contributed by atoms with Gasteiger partial charge in [0.15, 0.2) is 5.96 Å². The van der Waals surface area contributed by atoms with Crippen molar-refractivity contribution in [3.63, 3.8) is 0 Å². The predicted octanol–water partition coefficient (Wildman–Crippen LogP) is 2.73. The van der Waals surface area contributed by atoms with E-state index in [1.807, 2.05) is 30.1 Å². The molecule has 0 radical (unpaired) electrons. The van der Waals surface area contributed by atoms with E-state index in [1.165, 1.54) is 21.9 Å². The number of nitrogens with zero attached hydrogens (tertiary/aromatic N) is 1. The summed E-state index contributed by atoms with van der Waals surface area (Å²) >= 11 is 3.75. The van der Waals surface area contributed by atoms with Gasteiger partial charge in [0.05, 0.1) is 6.54 Å². The smallest absolute Gasteiger partial charge is 0.191 e. The summed E-state index contributed by atoms with van der Waals surface area (Å²) in [6.45, 7) is 4.02. The van der Waals surface area contributed by atoms with Crippen molar-refractivity contribution in [2.45, 2.75) is 26.3 Å². The molecule has 0 amide bonds. The molecule has 0 aromatic carbocycles. The van der Waals surface area contributed by atoms with Gasteiger partial charge >= 0.3 is 0 Å². The zero-order valence-electron chi connectivity index (χ0n) is 11.5. The highest BCUT2D eigenvalue weighted by atomic mass is 32.2. The minimum atomic E-state index is 0.854. The van der Waals surface area contributed by atoms with Gasteiger partial charge < -0.3 is 10.6 Å². The summed E-state index contributed by atoms with van der Waals surface area (Å²) in [5.74, 6) is 2.08. The Kier molecular flexibility index (Phi) is 7.93. The van der Waals surface area contributed by atoms with Gasteiger partial charge in [-0.25, -0.2) is 0 Å². The number of thiophene rings is 1. The van der Waals surface area contributed by atoms with Gasteiger partial charge in [0.25, 0.3) is 0 Å². The van der Waals surface area contributed by atoms with Gasteiger partial charge in [-0.1, -0.05) is 6.92 Å². The van der Waals surface area contributed by atoms with Gasteiger partial charge in [-0.15, -0.1) is 11.3 Å². The number of aliphatic imine (C=N–C) groups is 1. The van der Waals surface area contributed by atoms with Crippen LogP contribution < -0.4 is 10.6 Å². The van der Waals surface area contributed by atoms with Crippen LogP contribution in [-0.2, 0) is 13.0 Å². The lowest BCUT2D eigenvalue weighted by molar-refractivity contribution is 0.790. The fourth-order valence-corrected chi connectivity index (χ4v) is 2.85. The van der Waals surface area contributed by atoms with Crippen molar-refractivity contribution in [2.75, 3.05) is 25.6 Å². The molecule has 0 bridgehead atoms. The average Bonchev–Trinajstić information content (AvgIpc) is 2.86. The molecule has 0 saturated heterocycles. The number of nitrogens with one attached hydrogen (secondary N) is 2. The van der Waals surface area contributed by atoms with E-state index >= 15 is 0 Å². The average molecular weight is 285 g/mol. The Balaban J connectivity index is 2.26. The Hall–Kier alpha value is -0.680. The van der Waals surface area contributed by atoms with E-state index in [0.29, 0.717) is 0 Å². The second kappa shape index (κ2) is 9.28. The van der Waals surface area contributed by atoms with Crippen molar-refractivity contribution in [1.82, 2.24) is 10.6 Å². The van der Waals surface area contributed by atoms with Gasteiger partial charge in [0, 0.05) is 23.3 Å². The van der Waals surface area contributed by atoms with Crippen LogP contribution in [0.15, 0.2) is 17.1 Å². The number of hydrogen-bond acceptors (Lipinski definition) is 3. The van der Waals surface area contributed by atoms with Crippen molar-refractivity contribution >= 4 is 29.1 Å². The van der Waals surface area contributed by atoms with Gasteiger partial charge in [-0.05, 0) is 37.0 Å². The SMILES string of the molecule is CCc1ccc(CNC(=NC)NCCCSC)s1. The summed E-state index contributed by atoms with van der Waals surface area (Å²) in [7, 11) is 1.82. The highest BCUT2D eigenvalue weighted by Crippen LogP contribution is 2.16. The second-order valence-corrected chi connectivity index (χ2v) is 6.16. The van der Waals surface area contributed by atoms with Crippen molar-refractivity contribution in [3.05, 3.63) is 21.9 Å². The van der Waals surface area contributed by atoms with Crippen molar-refractivity contribution in [1.29, 1.82) is 0 Å². The Morgan fingerprint density at radius 1 is 1.33 bits per heavy atom. The molecular formula is C13H23N3S2. The summed E-state index contributed by atoms with van der Waals surface area (Å²) in [4.78, 5) is 7.02. The quantitative estimate of drug-likeness (QED) is 0.459. The standard InChI is InChI=1S/C13H23N3S2/c1-4-11-6-7-12(18-11)10-16-13(14-2)15-8-5-9-17-3/h6-7H,4-5,8-10H2,1-3H3,(H2,14,15,16). The predicted molar refractivity (Wildman–Crippen MR) is 84.9 cm³/mol. The molecule has 1 heterocycles. The molecule has 18 heavy (non-hydrogen) atoms. The zero-order chi connectivity index (χ0) is 13.2. The lowest BCUT2D eigenvalue weighted by Gasteiger charge is -2.10. The van der Waals surface area contributed by atoms with Gasteiger partial charge in [-0.3, -0.25) is 4.99 Å². The van der Waals surface area contributed by atoms with Crippen LogP contribution in [0.3, 0.4) is 0 Å². The van der Waals surface area contributed by atoms with Crippen molar-refractivity contribution in [2.24, 2.45) is 4.99 Å². The van der Waals surface area contributed by atoms with E-state index in [4.69, 9.17) is 0 Å². The van der Waals surface area contributed by atoms with Gasteiger partial charge in [-0.2, -0.15) is 11.8 Å². The molecule has 0 aliphatic rings. The van der Waals surface area contributed by atoms with Crippen LogP contribution in [0, 0.1) is 0 Å². The minimum Gasteiger partial charge on any atom is -0.356 e. The molecule has 5 heteroatoms. The molecule has 102 valence electrons. The Morgan fingerprint density at radius 2 is 2.11 bits per heavy atom. The number of aryl methyl sites for hydroxylation is 1. The molecule has 0 fully saturated rings. The third-order valence-corrected chi connectivity index (χ3v) is 4.46. The normalized spacial score (nSPS) is 11.6. The van der Waals surface area contributed by atoms with Crippen LogP contribution in [0.1, 0.15) is 23.1 Å². The summed E-state index contributed by atoms with van der Waals surface area (Å²) < 4.78 is 0. The lowest BCUT2D eigenvalue weighted by atomic mass is 10.3. The fourth-order valence-electron chi connectivity index (χ4n) is 1.52. The van der Waals surface area contributed by atoms with Crippen LogP contribution in [-0.4, -0.2) is 31.6 Å². The first-order valence-electron chi connectivity index (χ1n) is 6.31. The summed E-state index contributed by atoms with van der Waals surface area (Å²) in [6.07, 6.45) is 4.42. The zero-order valence-corrected chi connectivity index (χ0v) is 13.1. The highest BCUT2D eigenvalue weighted by molar-refractivity contribution is 7.98. The van der Waals surface area contributed by atoms with E-state index in [-0.39, 0.29) is 0 Å². The van der Waals surface area contributed by atoms with E-state index in [2.05, 4.69) is 40.9 Å². The Morgan fingerprint density at radius 3 is 2.72 bits per heavy atom. The fraction of sp³-hybridized carbons (Fsp3) is 0.615. The van der Waals surface area contributed by atoms with Gasteiger partial charge in [0.1, 0.15) is 0 Å². The van der Waals surface area contributed by atoms with Crippen LogP contribution in [0.25, 0.3) is 0 Å². The third-order valence-electron chi connectivity index (χ3n) is 2.54. The number of hydrogen-bond donors (Lipinski definition) is 2. The molecule has 3 nitrogen and oxygen atoms in total. The van der Waals surface area contributed by atoms with Crippen LogP contribution in [0.5, 0.6) is 0 Å². The molecule has 1 rings (SSSR count). The molecule has 2 N–H and O–H groups in total. The molecule has 0 atom stereocenters. The summed E-state index contributed by atoms with van der Waals surface area (Å²) in [6, 6.07) is 4.40. The molecule has 0 aliphatic heterocycles. The number of thioether (sulfide) groups is 1. The molecule has 0 unspecified atom stereocenters. The van der Waals surface area contributed by atoms with Crippen LogP contribution >= 0.6 is 23.1 Å². The number of guanidine groups is 1. The van der Waals surface area contributed by atoms with Crippen molar-refractivity contribution < 1.29 is 0 Å². The summed E-state index contributed by atoms with van der Waals surface area (Å²) in [5, 5.41) is 6.67. The largest absolute Gasteiger partial charge is 0.356 e. The summed E-state index contributed by atoms with van der Waals surface area (Å²) in [5.41, 5.74) is 0. The Bertz CT molecular complexity index is 361. The monoisotopic (exact) mass is 285 g/mol. The van der Waals surface area contributed by atoms with Crippen molar-refractivity contribution in [3.8, 4) is 0 Å². The second-order valence-electron chi connectivity index (χ2n) is 3.92. The molecule has 1 aromatic rings. The van der Waals surface area contributed by atoms with E-state index < -0.39 is 0 Å². The maximum absolute atomic E-state index is 4.22. The molecular weight excluding hydrogens is 262 g/mol. The Labute approximate surface area is 118 Å². The van der Waals surface area contributed by atoms with Crippen LogP contribution in [0.4, 0.5) is 0 Å². The van der Waals surface area contributed by atoms with E-state index in [1.54, 1.807) is 0 Å². The molecule has 0 aliphatic carbocycles. The van der Waals surface area contributed by atoms with Crippen LogP contribution in [0.2, 0.25) is 0 Å². The van der Waals surface area contributed by atoms with E-state index in [9.17, 15) is 0 Å². The first-order valence-corrected chi connectivity index (χ1v) is 8.52.